The summed E-state index contributed by atoms with van der Waals surface area (Å²) in [5, 5.41) is 2.22. The molecule has 14 heavy (non-hydrogen) atoms. The monoisotopic (exact) mass is 203 g/mol. The van der Waals surface area contributed by atoms with Crippen LogP contribution in [0.15, 0.2) is 12.1 Å². The summed E-state index contributed by atoms with van der Waals surface area (Å²) in [6.45, 7) is 0. The lowest BCUT2D eigenvalue weighted by Crippen LogP contribution is -2.21. The van der Waals surface area contributed by atoms with Crippen molar-refractivity contribution in [3.63, 3.8) is 0 Å². The number of likely N-dealkylation sites (N-methyl/N-ethyl adjacent to an activating group) is 1. The standard InChI is InChI=1S/C9H8F3NO/c1-13-9(14)4-6-7(11)2-5(10)3-8(6)12/h2-3H,4H2,1H3,(H,13,14). The summed E-state index contributed by atoms with van der Waals surface area (Å²) in [4.78, 5) is 10.8. The molecule has 0 aliphatic carbocycles. The molecule has 2 nitrogen and oxygen atoms in total. The zero-order valence-corrected chi connectivity index (χ0v) is 7.40. The highest BCUT2D eigenvalue weighted by Gasteiger charge is 2.13. The zero-order chi connectivity index (χ0) is 10.7. The third kappa shape index (κ3) is 2.25. The molecule has 0 saturated heterocycles. The number of hydrogen-bond donors (Lipinski definition) is 1. The van der Waals surface area contributed by atoms with Gasteiger partial charge in [0.1, 0.15) is 17.5 Å². The summed E-state index contributed by atoms with van der Waals surface area (Å²) in [7, 11) is 1.35. The molecule has 0 aliphatic heterocycles. The number of halogens is 3. The van der Waals surface area contributed by atoms with Crippen LogP contribution in [0.1, 0.15) is 5.56 Å². The van der Waals surface area contributed by atoms with E-state index in [0.29, 0.717) is 12.1 Å². The molecule has 0 bridgehead atoms. The highest BCUT2D eigenvalue weighted by molar-refractivity contribution is 5.78. The molecule has 0 unspecified atom stereocenters. The maximum absolute atomic E-state index is 12.9. The molecule has 0 spiro atoms. The van der Waals surface area contributed by atoms with E-state index >= 15 is 0 Å². The molecule has 0 fully saturated rings. The van der Waals surface area contributed by atoms with Gasteiger partial charge in [0.05, 0.1) is 6.42 Å². The van der Waals surface area contributed by atoms with Crippen LogP contribution in [0, 0.1) is 17.5 Å². The number of nitrogens with one attached hydrogen (secondary N) is 1. The normalized spacial score (nSPS) is 10.0. The predicted molar refractivity (Wildman–Crippen MR) is 44.1 cm³/mol. The molecule has 1 amide bonds. The van der Waals surface area contributed by atoms with Crippen LogP contribution in [0.3, 0.4) is 0 Å². The van der Waals surface area contributed by atoms with Gasteiger partial charge in [-0.15, -0.1) is 0 Å². The van der Waals surface area contributed by atoms with Gasteiger partial charge in [0, 0.05) is 24.7 Å². The largest absolute Gasteiger partial charge is 0.359 e. The Kier molecular flexibility index (Phi) is 3.11. The fourth-order valence-corrected chi connectivity index (χ4v) is 0.990. The Morgan fingerprint density at radius 2 is 1.79 bits per heavy atom. The van der Waals surface area contributed by atoms with E-state index in [-0.39, 0.29) is 0 Å². The van der Waals surface area contributed by atoms with E-state index in [1.54, 1.807) is 0 Å². The average Bonchev–Trinajstić information content (AvgIpc) is 2.10. The lowest BCUT2D eigenvalue weighted by Gasteiger charge is -2.03. The van der Waals surface area contributed by atoms with Gasteiger partial charge in [-0.1, -0.05) is 0 Å². The van der Waals surface area contributed by atoms with Gasteiger partial charge >= 0.3 is 0 Å². The van der Waals surface area contributed by atoms with Gasteiger partial charge in [0.25, 0.3) is 0 Å². The highest BCUT2D eigenvalue weighted by Crippen LogP contribution is 2.15. The van der Waals surface area contributed by atoms with Gasteiger partial charge in [0.15, 0.2) is 0 Å². The van der Waals surface area contributed by atoms with Crippen molar-refractivity contribution in [2.45, 2.75) is 6.42 Å². The number of carbonyl (C=O) groups is 1. The second-order valence-corrected chi connectivity index (χ2v) is 2.70. The van der Waals surface area contributed by atoms with E-state index in [4.69, 9.17) is 0 Å². The Labute approximate surface area is 78.7 Å². The van der Waals surface area contributed by atoms with Crippen molar-refractivity contribution in [3.8, 4) is 0 Å². The van der Waals surface area contributed by atoms with Gasteiger partial charge in [-0.3, -0.25) is 4.79 Å². The van der Waals surface area contributed by atoms with E-state index in [1.165, 1.54) is 7.05 Å². The van der Waals surface area contributed by atoms with Gasteiger partial charge < -0.3 is 5.32 Å². The van der Waals surface area contributed by atoms with Crippen LogP contribution in [-0.4, -0.2) is 13.0 Å². The zero-order valence-electron chi connectivity index (χ0n) is 7.40. The maximum atomic E-state index is 12.9. The fraction of sp³-hybridized carbons (Fsp3) is 0.222. The molecule has 76 valence electrons. The van der Waals surface area contributed by atoms with Gasteiger partial charge in [-0.25, -0.2) is 13.2 Å². The summed E-state index contributed by atoms with van der Waals surface area (Å²) in [6.07, 6.45) is -0.436. The number of benzene rings is 1. The SMILES string of the molecule is CNC(=O)Cc1c(F)cc(F)cc1F. The number of rotatable bonds is 2. The molecule has 0 aromatic heterocycles. The van der Waals surface area contributed by atoms with Crippen LogP contribution in [0.2, 0.25) is 0 Å². The Morgan fingerprint density at radius 3 is 2.21 bits per heavy atom. The second kappa shape index (κ2) is 4.13. The van der Waals surface area contributed by atoms with E-state index < -0.39 is 35.3 Å². The van der Waals surface area contributed by atoms with Crippen LogP contribution in [-0.2, 0) is 11.2 Å². The third-order valence-electron chi connectivity index (χ3n) is 1.72. The summed E-state index contributed by atoms with van der Waals surface area (Å²) in [5.41, 5.74) is -0.425. The minimum absolute atomic E-state index is 0.425. The van der Waals surface area contributed by atoms with Crippen LogP contribution in [0.5, 0.6) is 0 Å². The minimum Gasteiger partial charge on any atom is -0.359 e. The van der Waals surface area contributed by atoms with E-state index in [9.17, 15) is 18.0 Å². The first-order valence-corrected chi connectivity index (χ1v) is 3.88. The Balaban J connectivity index is 3.02. The summed E-state index contributed by atoms with van der Waals surface area (Å²) >= 11 is 0. The second-order valence-electron chi connectivity index (χ2n) is 2.70. The van der Waals surface area contributed by atoms with Crippen LogP contribution in [0.25, 0.3) is 0 Å². The van der Waals surface area contributed by atoms with Crippen molar-refractivity contribution < 1.29 is 18.0 Å². The molecule has 0 heterocycles. The van der Waals surface area contributed by atoms with Gasteiger partial charge in [-0.05, 0) is 0 Å². The molecular formula is C9H8F3NO. The highest BCUT2D eigenvalue weighted by atomic mass is 19.1. The minimum atomic E-state index is -1.05. The maximum Gasteiger partial charge on any atom is 0.224 e. The molecule has 1 rings (SSSR count). The molecule has 5 heteroatoms. The topological polar surface area (TPSA) is 29.1 Å². The lowest BCUT2D eigenvalue weighted by molar-refractivity contribution is -0.120. The summed E-state index contributed by atoms with van der Waals surface area (Å²) in [5.74, 6) is -3.63. The molecule has 0 atom stereocenters. The first kappa shape index (κ1) is 10.6. The quantitative estimate of drug-likeness (QED) is 0.773. The number of hydrogen-bond acceptors (Lipinski definition) is 1. The van der Waals surface area contributed by atoms with Crippen molar-refractivity contribution in [3.05, 3.63) is 35.1 Å². The summed E-state index contributed by atoms with van der Waals surface area (Å²) < 4.78 is 38.3. The van der Waals surface area contributed by atoms with Crippen LogP contribution >= 0.6 is 0 Å². The number of carbonyl (C=O) groups excluding carboxylic acids is 1. The van der Waals surface area contributed by atoms with Gasteiger partial charge in [0.2, 0.25) is 5.91 Å². The molecule has 0 aliphatic rings. The lowest BCUT2D eigenvalue weighted by atomic mass is 10.1. The fourth-order valence-electron chi connectivity index (χ4n) is 0.990. The summed E-state index contributed by atoms with van der Waals surface area (Å²) in [6, 6.07) is 1.09. The molecule has 0 radical (unpaired) electrons. The van der Waals surface area contributed by atoms with Gasteiger partial charge in [-0.2, -0.15) is 0 Å². The molecule has 1 aromatic carbocycles. The average molecular weight is 203 g/mol. The number of amides is 1. The van der Waals surface area contributed by atoms with Crippen molar-refractivity contribution in [1.82, 2.24) is 5.32 Å². The molecule has 0 saturated carbocycles. The Hall–Kier alpha value is -1.52. The molecular weight excluding hydrogens is 195 g/mol. The van der Waals surface area contributed by atoms with Crippen molar-refractivity contribution in [2.24, 2.45) is 0 Å². The third-order valence-corrected chi connectivity index (χ3v) is 1.72. The van der Waals surface area contributed by atoms with E-state index in [0.717, 1.165) is 0 Å². The Morgan fingerprint density at radius 1 is 1.29 bits per heavy atom. The van der Waals surface area contributed by atoms with Crippen molar-refractivity contribution in [1.29, 1.82) is 0 Å². The smallest absolute Gasteiger partial charge is 0.224 e. The van der Waals surface area contributed by atoms with Crippen molar-refractivity contribution >= 4 is 5.91 Å². The first-order valence-electron chi connectivity index (χ1n) is 3.88. The van der Waals surface area contributed by atoms with Crippen molar-refractivity contribution in [2.75, 3.05) is 7.05 Å². The first-order chi connectivity index (χ1) is 6.54. The molecule has 1 aromatic rings. The van der Waals surface area contributed by atoms with E-state index in [1.807, 2.05) is 0 Å². The van der Waals surface area contributed by atoms with Crippen LogP contribution < -0.4 is 5.32 Å². The Bertz CT molecular complexity index is 342. The molecule has 1 N–H and O–H groups in total. The van der Waals surface area contributed by atoms with E-state index in [2.05, 4.69) is 5.32 Å². The predicted octanol–water partition coefficient (Wildman–Crippen LogP) is 1.39. The van der Waals surface area contributed by atoms with Crippen LogP contribution in [0.4, 0.5) is 13.2 Å².